The Kier molecular flexibility index (Phi) is 9.33. The molecule has 0 saturated carbocycles. The Bertz CT molecular complexity index is 523. The number of hydrogen-bond donors (Lipinski definition) is 0. The van der Waals surface area contributed by atoms with Crippen LogP contribution in [0.5, 0.6) is 0 Å². The molecule has 0 aliphatic carbocycles. The first-order valence-corrected chi connectivity index (χ1v) is 8.34. The van der Waals surface area contributed by atoms with Gasteiger partial charge in [-0.1, -0.05) is 29.8 Å². The zero-order valence-corrected chi connectivity index (χ0v) is 18.0. The second-order valence-electron chi connectivity index (χ2n) is 6.12. The van der Waals surface area contributed by atoms with Crippen molar-refractivity contribution in [1.82, 2.24) is 14.7 Å². The van der Waals surface area contributed by atoms with Gasteiger partial charge in [0, 0.05) is 46.3 Å². The molecule has 136 valence electrons. The van der Waals surface area contributed by atoms with Gasteiger partial charge >= 0.3 is 0 Å². The molecule has 1 aromatic carbocycles. The van der Waals surface area contributed by atoms with E-state index in [9.17, 15) is 0 Å². The number of morpholine rings is 1. The first-order chi connectivity index (χ1) is 11.0. The lowest BCUT2D eigenvalue weighted by atomic mass is 10.0. The molecule has 24 heavy (non-hydrogen) atoms. The SMILES string of the molecule is CN(C)C(=NCC(c1ccccc1Cl)N1CCOCC1)N(C)C.I. The molecule has 0 amide bonds. The Morgan fingerprint density at radius 2 is 1.75 bits per heavy atom. The van der Waals surface area contributed by atoms with E-state index in [1.807, 2.05) is 56.2 Å². The summed E-state index contributed by atoms with van der Waals surface area (Å²) < 4.78 is 5.49. The monoisotopic (exact) mass is 466 g/mol. The Morgan fingerprint density at radius 1 is 1.17 bits per heavy atom. The predicted molar refractivity (Wildman–Crippen MR) is 112 cm³/mol. The van der Waals surface area contributed by atoms with Gasteiger partial charge in [-0.15, -0.1) is 24.0 Å². The second-order valence-corrected chi connectivity index (χ2v) is 6.52. The van der Waals surface area contributed by atoms with Gasteiger partial charge < -0.3 is 14.5 Å². The Balaban J connectivity index is 0.00000288. The van der Waals surface area contributed by atoms with Crippen LogP contribution in [0.15, 0.2) is 29.3 Å². The maximum Gasteiger partial charge on any atom is 0.195 e. The van der Waals surface area contributed by atoms with Crippen LogP contribution in [0.4, 0.5) is 0 Å². The minimum atomic E-state index is 0. The van der Waals surface area contributed by atoms with Crippen LogP contribution < -0.4 is 0 Å². The largest absolute Gasteiger partial charge is 0.379 e. The average Bonchev–Trinajstić information content (AvgIpc) is 2.53. The van der Waals surface area contributed by atoms with E-state index in [1.54, 1.807) is 0 Å². The number of guanidine groups is 1. The molecule has 7 heteroatoms. The topological polar surface area (TPSA) is 31.3 Å². The summed E-state index contributed by atoms with van der Waals surface area (Å²) in [5.74, 6) is 0.954. The van der Waals surface area contributed by atoms with Gasteiger partial charge in [0.15, 0.2) is 5.96 Å². The van der Waals surface area contributed by atoms with Crippen LogP contribution in [0, 0.1) is 0 Å². The van der Waals surface area contributed by atoms with Gasteiger partial charge in [0.05, 0.1) is 25.8 Å². The van der Waals surface area contributed by atoms with Crippen molar-refractivity contribution in [3.63, 3.8) is 0 Å². The first kappa shape index (κ1) is 21.5. The molecule has 1 saturated heterocycles. The summed E-state index contributed by atoms with van der Waals surface area (Å²) in [7, 11) is 8.05. The van der Waals surface area contributed by atoms with Crippen molar-refractivity contribution >= 4 is 41.5 Å². The third-order valence-electron chi connectivity index (χ3n) is 3.96. The summed E-state index contributed by atoms with van der Waals surface area (Å²) >= 11 is 6.45. The van der Waals surface area contributed by atoms with E-state index in [-0.39, 0.29) is 30.0 Å². The molecule has 1 unspecified atom stereocenters. The summed E-state index contributed by atoms with van der Waals surface area (Å²) in [6, 6.07) is 8.23. The van der Waals surface area contributed by atoms with E-state index in [1.165, 1.54) is 0 Å². The van der Waals surface area contributed by atoms with Crippen LogP contribution >= 0.6 is 35.6 Å². The fourth-order valence-electron chi connectivity index (χ4n) is 2.90. The number of benzene rings is 1. The number of rotatable bonds is 4. The van der Waals surface area contributed by atoms with Gasteiger partial charge in [-0.25, -0.2) is 0 Å². The lowest BCUT2D eigenvalue weighted by Crippen LogP contribution is -2.41. The summed E-state index contributed by atoms with van der Waals surface area (Å²) in [5.41, 5.74) is 1.14. The van der Waals surface area contributed by atoms with Crippen LogP contribution in [0.25, 0.3) is 0 Å². The molecule has 5 nitrogen and oxygen atoms in total. The Labute approximate surface area is 167 Å². The molecule has 1 aliphatic rings. The summed E-state index contributed by atoms with van der Waals surface area (Å²) in [6.07, 6.45) is 0. The normalized spacial score (nSPS) is 16.0. The van der Waals surface area contributed by atoms with Crippen molar-refractivity contribution in [2.45, 2.75) is 6.04 Å². The second kappa shape index (κ2) is 10.4. The van der Waals surface area contributed by atoms with Gasteiger partial charge in [-0.3, -0.25) is 9.89 Å². The Morgan fingerprint density at radius 3 is 2.29 bits per heavy atom. The molecular weight excluding hydrogens is 439 g/mol. The molecule has 0 radical (unpaired) electrons. The maximum atomic E-state index is 6.45. The van der Waals surface area contributed by atoms with Crippen LogP contribution in [-0.2, 0) is 4.74 Å². The third kappa shape index (κ3) is 5.75. The molecule has 0 N–H and O–H groups in total. The smallest absolute Gasteiger partial charge is 0.195 e. The minimum Gasteiger partial charge on any atom is -0.379 e. The summed E-state index contributed by atoms with van der Waals surface area (Å²) in [5, 5.41) is 0.801. The molecule has 1 aliphatic heterocycles. The number of hydrogen-bond acceptors (Lipinski definition) is 3. The summed E-state index contributed by atoms with van der Waals surface area (Å²) in [6.45, 7) is 4.02. The Hall–Kier alpha value is -0.570. The van der Waals surface area contributed by atoms with E-state index in [2.05, 4.69) is 11.0 Å². The molecule has 1 heterocycles. The van der Waals surface area contributed by atoms with Crippen molar-refractivity contribution in [2.24, 2.45) is 4.99 Å². The van der Waals surface area contributed by atoms with Crippen LogP contribution in [-0.4, -0.2) is 81.7 Å². The van der Waals surface area contributed by atoms with Crippen LogP contribution in [0.3, 0.4) is 0 Å². The lowest BCUT2D eigenvalue weighted by molar-refractivity contribution is 0.0179. The van der Waals surface area contributed by atoms with E-state index in [0.717, 1.165) is 42.8 Å². The number of aliphatic imine (C=N–C) groups is 1. The maximum absolute atomic E-state index is 6.45. The molecular formula is C17H28ClIN4O. The minimum absolute atomic E-state index is 0. The van der Waals surface area contributed by atoms with Crippen LogP contribution in [0.2, 0.25) is 5.02 Å². The van der Waals surface area contributed by atoms with Crippen molar-refractivity contribution in [3.05, 3.63) is 34.9 Å². The number of halogens is 2. The average molecular weight is 467 g/mol. The molecule has 1 fully saturated rings. The highest BCUT2D eigenvalue weighted by Gasteiger charge is 2.24. The fourth-order valence-corrected chi connectivity index (χ4v) is 3.16. The molecule has 2 rings (SSSR count). The van der Waals surface area contributed by atoms with Gasteiger partial charge in [-0.2, -0.15) is 0 Å². The van der Waals surface area contributed by atoms with E-state index < -0.39 is 0 Å². The quantitative estimate of drug-likeness (QED) is 0.388. The van der Waals surface area contributed by atoms with Gasteiger partial charge in [-0.05, 0) is 11.6 Å². The highest BCUT2D eigenvalue weighted by atomic mass is 127. The molecule has 0 aromatic heterocycles. The highest BCUT2D eigenvalue weighted by molar-refractivity contribution is 14.0. The first-order valence-electron chi connectivity index (χ1n) is 7.96. The number of ether oxygens (including phenoxy) is 1. The predicted octanol–water partition coefficient (Wildman–Crippen LogP) is 2.81. The lowest BCUT2D eigenvalue weighted by Gasteiger charge is -2.35. The van der Waals surface area contributed by atoms with E-state index in [4.69, 9.17) is 21.3 Å². The zero-order chi connectivity index (χ0) is 16.8. The molecule has 0 spiro atoms. The highest BCUT2D eigenvalue weighted by Crippen LogP contribution is 2.28. The van der Waals surface area contributed by atoms with Gasteiger partial charge in [0.2, 0.25) is 0 Å². The third-order valence-corrected chi connectivity index (χ3v) is 4.30. The van der Waals surface area contributed by atoms with Crippen molar-refractivity contribution < 1.29 is 4.74 Å². The number of nitrogens with zero attached hydrogens (tertiary/aromatic N) is 4. The van der Waals surface area contributed by atoms with E-state index >= 15 is 0 Å². The van der Waals surface area contributed by atoms with Crippen molar-refractivity contribution in [2.75, 3.05) is 61.0 Å². The van der Waals surface area contributed by atoms with Crippen LogP contribution in [0.1, 0.15) is 11.6 Å². The van der Waals surface area contributed by atoms with Gasteiger partial charge in [0.25, 0.3) is 0 Å². The fraction of sp³-hybridized carbons (Fsp3) is 0.588. The van der Waals surface area contributed by atoms with E-state index in [0.29, 0.717) is 6.54 Å². The standard InChI is InChI=1S/C17H27ClN4O.HI/c1-20(2)17(21(3)4)19-13-16(22-9-11-23-12-10-22)14-7-5-6-8-15(14)18;/h5-8,16H,9-13H2,1-4H3;1H. The van der Waals surface area contributed by atoms with Crippen molar-refractivity contribution in [3.8, 4) is 0 Å². The molecule has 0 bridgehead atoms. The van der Waals surface area contributed by atoms with Gasteiger partial charge in [0.1, 0.15) is 0 Å². The van der Waals surface area contributed by atoms with Crippen molar-refractivity contribution in [1.29, 1.82) is 0 Å². The zero-order valence-electron chi connectivity index (χ0n) is 14.9. The summed E-state index contributed by atoms with van der Waals surface area (Å²) in [4.78, 5) is 11.3. The molecule has 1 atom stereocenters. The molecule has 1 aromatic rings.